The van der Waals surface area contributed by atoms with Gasteiger partial charge in [0.1, 0.15) is 10.8 Å². The lowest BCUT2D eigenvalue weighted by Gasteiger charge is -2.15. The summed E-state index contributed by atoms with van der Waals surface area (Å²) in [5.41, 5.74) is 6.70. The van der Waals surface area contributed by atoms with Crippen molar-refractivity contribution >= 4 is 17.0 Å². The average Bonchev–Trinajstić information content (AvgIpc) is 2.89. The van der Waals surface area contributed by atoms with Crippen LogP contribution in [0.15, 0.2) is 29.8 Å². The molecule has 0 bridgehead atoms. The summed E-state index contributed by atoms with van der Waals surface area (Å²) in [6, 6.07) is 5.07. The summed E-state index contributed by atoms with van der Waals surface area (Å²) in [5, 5.41) is 6.36. The lowest BCUT2D eigenvalue weighted by atomic mass is 10.1. The van der Waals surface area contributed by atoms with E-state index in [2.05, 4.69) is 17.2 Å². The number of nitrogens with one attached hydrogen (secondary N) is 1. The summed E-state index contributed by atoms with van der Waals surface area (Å²) < 4.78 is 13.3. The van der Waals surface area contributed by atoms with Gasteiger partial charge in [-0.1, -0.05) is 19.1 Å². The highest BCUT2D eigenvalue weighted by molar-refractivity contribution is 7.09. The topological polar surface area (TPSA) is 50.9 Å². The number of para-hydroxylation sites is 1. The zero-order chi connectivity index (χ0) is 13.0. The first-order chi connectivity index (χ1) is 8.72. The molecule has 1 aromatic carbocycles. The van der Waals surface area contributed by atoms with Gasteiger partial charge in [0, 0.05) is 18.1 Å². The van der Waals surface area contributed by atoms with E-state index in [-0.39, 0.29) is 17.5 Å². The van der Waals surface area contributed by atoms with E-state index >= 15 is 0 Å². The minimum atomic E-state index is -0.364. The Morgan fingerprint density at radius 1 is 1.50 bits per heavy atom. The van der Waals surface area contributed by atoms with E-state index in [1.54, 1.807) is 23.6 Å². The lowest BCUT2D eigenvalue weighted by molar-refractivity contribution is 0.516. The van der Waals surface area contributed by atoms with Crippen LogP contribution in [0, 0.1) is 5.82 Å². The van der Waals surface area contributed by atoms with Crippen LogP contribution in [0.4, 0.5) is 10.1 Å². The molecule has 1 aromatic heterocycles. The molecule has 1 atom stereocenters. The summed E-state index contributed by atoms with van der Waals surface area (Å²) in [5.74, 6) is -0.364. The van der Waals surface area contributed by atoms with Crippen molar-refractivity contribution in [1.29, 1.82) is 0 Å². The molecular formula is C13H16FN3S. The molecule has 0 amide bonds. The van der Waals surface area contributed by atoms with E-state index in [1.165, 1.54) is 6.07 Å². The van der Waals surface area contributed by atoms with E-state index in [1.807, 2.05) is 11.4 Å². The number of aromatic nitrogens is 1. The summed E-state index contributed by atoms with van der Waals surface area (Å²) in [4.78, 5) is 4.29. The third-order valence-corrected chi connectivity index (χ3v) is 3.73. The molecule has 0 fully saturated rings. The average molecular weight is 265 g/mol. The molecular weight excluding hydrogens is 249 g/mol. The van der Waals surface area contributed by atoms with E-state index in [0.717, 1.165) is 17.0 Å². The molecule has 2 rings (SSSR count). The molecule has 0 aliphatic heterocycles. The van der Waals surface area contributed by atoms with Gasteiger partial charge in [0.05, 0.1) is 11.7 Å². The highest BCUT2D eigenvalue weighted by Crippen LogP contribution is 2.21. The zero-order valence-corrected chi connectivity index (χ0v) is 11.0. The monoisotopic (exact) mass is 265 g/mol. The molecule has 3 nitrogen and oxygen atoms in total. The highest BCUT2D eigenvalue weighted by atomic mass is 32.1. The molecule has 1 unspecified atom stereocenters. The predicted octanol–water partition coefficient (Wildman–Crippen LogP) is 3.11. The Kier molecular flexibility index (Phi) is 4.28. The molecule has 1 heterocycles. The number of nitrogens with zero attached hydrogens (tertiary/aromatic N) is 1. The summed E-state index contributed by atoms with van der Waals surface area (Å²) in [6.45, 7) is 2.63. The van der Waals surface area contributed by atoms with Crippen LogP contribution in [0.2, 0.25) is 0 Å². The van der Waals surface area contributed by atoms with Crippen molar-refractivity contribution in [1.82, 2.24) is 10.3 Å². The predicted molar refractivity (Wildman–Crippen MR) is 72.8 cm³/mol. The molecule has 0 aliphatic carbocycles. The fourth-order valence-electron chi connectivity index (χ4n) is 1.78. The van der Waals surface area contributed by atoms with E-state index in [0.29, 0.717) is 6.54 Å². The third kappa shape index (κ3) is 2.86. The van der Waals surface area contributed by atoms with Crippen molar-refractivity contribution in [3.8, 4) is 0 Å². The van der Waals surface area contributed by atoms with Gasteiger partial charge in [-0.2, -0.15) is 0 Å². The van der Waals surface area contributed by atoms with Crippen molar-refractivity contribution in [2.45, 2.75) is 25.9 Å². The van der Waals surface area contributed by atoms with Gasteiger partial charge < -0.3 is 11.1 Å². The second-order valence-corrected chi connectivity index (χ2v) is 4.95. The number of benzene rings is 1. The first-order valence-electron chi connectivity index (χ1n) is 5.88. The third-order valence-electron chi connectivity index (χ3n) is 2.84. The minimum absolute atomic E-state index is 0.188. The molecule has 5 heteroatoms. The van der Waals surface area contributed by atoms with Gasteiger partial charge in [-0.15, -0.1) is 11.3 Å². The maximum atomic E-state index is 13.3. The molecule has 96 valence electrons. The Hall–Kier alpha value is -1.46. The number of hydrogen-bond donors (Lipinski definition) is 2. The van der Waals surface area contributed by atoms with Crippen LogP contribution in [-0.4, -0.2) is 4.98 Å². The second kappa shape index (κ2) is 5.93. The van der Waals surface area contributed by atoms with Gasteiger partial charge in [0.25, 0.3) is 0 Å². The fourth-order valence-corrected chi connectivity index (χ4v) is 2.58. The zero-order valence-electron chi connectivity index (χ0n) is 10.2. The number of nitrogen functional groups attached to an aromatic ring is 1. The van der Waals surface area contributed by atoms with Gasteiger partial charge in [-0.25, -0.2) is 9.37 Å². The number of anilines is 1. The van der Waals surface area contributed by atoms with Crippen LogP contribution in [-0.2, 0) is 6.54 Å². The lowest BCUT2D eigenvalue weighted by Crippen LogP contribution is -2.21. The van der Waals surface area contributed by atoms with Crippen LogP contribution < -0.4 is 11.1 Å². The van der Waals surface area contributed by atoms with Crippen molar-refractivity contribution in [3.05, 3.63) is 46.2 Å². The van der Waals surface area contributed by atoms with Crippen LogP contribution in [0.5, 0.6) is 0 Å². The van der Waals surface area contributed by atoms with Gasteiger partial charge in [0.15, 0.2) is 0 Å². The molecule has 0 aliphatic rings. The standard InChI is InChI=1S/C13H16FN3S/c1-2-11(13-16-6-7-18-13)17-8-9-4-3-5-10(14)12(9)15/h3-7,11,17H,2,8,15H2,1H3. The van der Waals surface area contributed by atoms with E-state index in [4.69, 9.17) is 5.73 Å². The maximum absolute atomic E-state index is 13.3. The minimum Gasteiger partial charge on any atom is -0.396 e. The van der Waals surface area contributed by atoms with Crippen molar-refractivity contribution in [2.24, 2.45) is 0 Å². The SMILES string of the molecule is CCC(NCc1cccc(F)c1N)c1nccs1. The molecule has 0 saturated heterocycles. The summed E-state index contributed by atoms with van der Waals surface area (Å²) >= 11 is 1.62. The first-order valence-corrected chi connectivity index (χ1v) is 6.76. The number of halogens is 1. The molecule has 2 aromatic rings. The molecule has 0 saturated carbocycles. The Morgan fingerprint density at radius 2 is 2.33 bits per heavy atom. The summed E-state index contributed by atoms with van der Waals surface area (Å²) in [6.07, 6.45) is 2.73. The smallest absolute Gasteiger partial charge is 0.146 e. The first kappa shape index (κ1) is 13.0. The molecule has 0 radical (unpaired) electrons. The molecule has 3 N–H and O–H groups in total. The number of rotatable bonds is 5. The van der Waals surface area contributed by atoms with E-state index in [9.17, 15) is 4.39 Å². The number of thiazole rings is 1. The van der Waals surface area contributed by atoms with Gasteiger partial charge in [0.2, 0.25) is 0 Å². The van der Waals surface area contributed by atoms with Crippen molar-refractivity contribution in [3.63, 3.8) is 0 Å². The number of hydrogen-bond acceptors (Lipinski definition) is 4. The van der Waals surface area contributed by atoms with Crippen molar-refractivity contribution < 1.29 is 4.39 Å². The quantitative estimate of drug-likeness (QED) is 0.817. The van der Waals surface area contributed by atoms with Crippen LogP contribution in [0.3, 0.4) is 0 Å². The maximum Gasteiger partial charge on any atom is 0.146 e. The van der Waals surface area contributed by atoms with Crippen LogP contribution >= 0.6 is 11.3 Å². The van der Waals surface area contributed by atoms with Crippen LogP contribution in [0.25, 0.3) is 0 Å². The Morgan fingerprint density at radius 3 is 3.00 bits per heavy atom. The highest BCUT2D eigenvalue weighted by Gasteiger charge is 2.12. The Labute approximate surface area is 110 Å². The van der Waals surface area contributed by atoms with Crippen LogP contribution in [0.1, 0.15) is 30.0 Å². The van der Waals surface area contributed by atoms with Gasteiger partial charge >= 0.3 is 0 Å². The molecule has 0 spiro atoms. The fraction of sp³-hybridized carbons (Fsp3) is 0.308. The largest absolute Gasteiger partial charge is 0.396 e. The normalized spacial score (nSPS) is 12.6. The summed E-state index contributed by atoms with van der Waals surface area (Å²) in [7, 11) is 0. The second-order valence-electron chi connectivity index (χ2n) is 4.02. The van der Waals surface area contributed by atoms with Gasteiger partial charge in [-0.3, -0.25) is 0 Å². The Balaban J connectivity index is 2.04. The van der Waals surface area contributed by atoms with E-state index < -0.39 is 0 Å². The van der Waals surface area contributed by atoms with Crippen molar-refractivity contribution in [2.75, 3.05) is 5.73 Å². The number of nitrogens with two attached hydrogens (primary N) is 1. The van der Waals surface area contributed by atoms with Gasteiger partial charge in [-0.05, 0) is 18.1 Å². The molecule has 18 heavy (non-hydrogen) atoms. The Bertz CT molecular complexity index is 499.